The molecule has 3 rings (SSSR count). The second-order valence-corrected chi connectivity index (χ2v) is 5.67. The second-order valence-electron chi connectivity index (χ2n) is 5.67. The number of amides is 2. The van der Waals surface area contributed by atoms with Crippen molar-refractivity contribution in [3.63, 3.8) is 0 Å². The first-order chi connectivity index (χ1) is 11.7. The normalized spacial score (nSPS) is 16.8. The van der Waals surface area contributed by atoms with Crippen molar-refractivity contribution in [2.24, 2.45) is 0 Å². The molecular formula is C19H19NO4. The van der Waals surface area contributed by atoms with Crippen molar-refractivity contribution in [2.75, 3.05) is 13.7 Å². The summed E-state index contributed by atoms with van der Waals surface area (Å²) >= 11 is 0. The van der Waals surface area contributed by atoms with Crippen LogP contribution in [0.25, 0.3) is 0 Å². The molecule has 1 atom stereocenters. The highest BCUT2D eigenvalue weighted by Gasteiger charge is 2.37. The Hall–Kier alpha value is -2.82. The Balaban J connectivity index is 1.75. The van der Waals surface area contributed by atoms with Crippen molar-refractivity contribution in [3.8, 4) is 5.75 Å². The molecule has 1 aliphatic heterocycles. The highest BCUT2D eigenvalue weighted by Crippen LogP contribution is 2.22. The fraction of sp³-hybridized carbons (Fsp3) is 0.263. The number of hydrogen-bond acceptors (Lipinski definition) is 4. The molecule has 124 valence electrons. The van der Waals surface area contributed by atoms with E-state index in [1.165, 1.54) is 4.90 Å². The minimum Gasteiger partial charge on any atom is -0.496 e. The van der Waals surface area contributed by atoms with Gasteiger partial charge in [0.2, 0.25) is 5.91 Å². The number of carbonyl (C=O) groups is 2. The summed E-state index contributed by atoms with van der Waals surface area (Å²) in [4.78, 5) is 25.9. The number of para-hydroxylation sites is 1. The Bertz CT molecular complexity index is 729. The summed E-state index contributed by atoms with van der Waals surface area (Å²) in [5, 5.41) is 0. The van der Waals surface area contributed by atoms with E-state index in [0.29, 0.717) is 12.2 Å². The number of ether oxygens (including phenoxy) is 2. The summed E-state index contributed by atoms with van der Waals surface area (Å²) in [5.74, 6) is 0.362. The molecule has 0 aromatic heterocycles. The fourth-order valence-corrected chi connectivity index (χ4v) is 2.90. The molecule has 1 heterocycles. The predicted octanol–water partition coefficient (Wildman–Crippen LogP) is 2.83. The topological polar surface area (TPSA) is 55.8 Å². The lowest BCUT2D eigenvalue weighted by atomic mass is 10.0. The van der Waals surface area contributed by atoms with Crippen molar-refractivity contribution >= 4 is 12.0 Å². The first kappa shape index (κ1) is 16.1. The monoisotopic (exact) mass is 325 g/mol. The fourth-order valence-electron chi connectivity index (χ4n) is 2.90. The van der Waals surface area contributed by atoms with Crippen LogP contribution in [0.2, 0.25) is 0 Å². The van der Waals surface area contributed by atoms with Crippen LogP contribution in [0.1, 0.15) is 11.1 Å². The molecule has 2 aromatic carbocycles. The summed E-state index contributed by atoms with van der Waals surface area (Å²) in [7, 11) is 1.56. The average Bonchev–Trinajstić information content (AvgIpc) is 2.96. The third-order valence-electron chi connectivity index (χ3n) is 4.08. The summed E-state index contributed by atoms with van der Waals surface area (Å²) in [5.41, 5.74) is 1.82. The predicted molar refractivity (Wildman–Crippen MR) is 88.8 cm³/mol. The molecule has 0 N–H and O–H groups in total. The summed E-state index contributed by atoms with van der Waals surface area (Å²) in [6, 6.07) is 16.8. The van der Waals surface area contributed by atoms with Gasteiger partial charge >= 0.3 is 6.09 Å². The van der Waals surface area contributed by atoms with Gasteiger partial charge in [-0.2, -0.15) is 0 Å². The first-order valence-corrected chi connectivity index (χ1v) is 7.83. The molecule has 5 heteroatoms. The molecule has 0 radical (unpaired) electrons. The molecule has 1 saturated heterocycles. The number of methoxy groups -OCH3 is 1. The third kappa shape index (κ3) is 3.40. The number of cyclic esters (lactones) is 1. The Morgan fingerprint density at radius 1 is 1.17 bits per heavy atom. The van der Waals surface area contributed by atoms with Gasteiger partial charge in [-0.1, -0.05) is 48.5 Å². The molecule has 0 spiro atoms. The summed E-state index contributed by atoms with van der Waals surface area (Å²) in [6.07, 6.45) is 0.116. The van der Waals surface area contributed by atoms with Gasteiger partial charge in [-0.25, -0.2) is 9.69 Å². The van der Waals surface area contributed by atoms with E-state index in [1.807, 2.05) is 48.5 Å². The van der Waals surface area contributed by atoms with E-state index in [9.17, 15) is 9.59 Å². The van der Waals surface area contributed by atoms with E-state index in [-0.39, 0.29) is 25.0 Å². The minimum absolute atomic E-state index is 0.102. The zero-order valence-electron chi connectivity index (χ0n) is 13.5. The zero-order chi connectivity index (χ0) is 16.9. The van der Waals surface area contributed by atoms with Crippen LogP contribution < -0.4 is 4.74 Å². The maximum Gasteiger partial charge on any atom is 0.416 e. The molecule has 2 aromatic rings. The first-order valence-electron chi connectivity index (χ1n) is 7.83. The molecular weight excluding hydrogens is 306 g/mol. The van der Waals surface area contributed by atoms with Crippen LogP contribution in [0.15, 0.2) is 54.6 Å². The lowest BCUT2D eigenvalue weighted by Gasteiger charge is -2.20. The van der Waals surface area contributed by atoms with Crippen LogP contribution >= 0.6 is 0 Å². The molecule has 1 fully saturated rings. The van der Waals surface area contributed by atoms with E-state index in [4.69, 9.17) is 9.47 Å². The Morgan fingerprint density at radius 2 is 1.88 bits per heavy atom. The molecule has 0 aliphatic carbocycles. The molecule has 2 amide bonds. The van der Waals surface area contributed by atoms with E-state index in [2.05, 4.69) is 0 Å². The highest BCUT2D eigenvalue weighted by molar-refractivity contribution is 5.94. The number of rotatable bonds is 5. The van der Waals surface area contributed by atoms with Gasteiger partial charge in [0.1, 0.15) is 12.4 Å². The van der Waals surface area contributed by atoms with Crippen LogP contribution in [0.3, 0.4) is 0 Å². The number of hydrogen-bond donors (Lipinski definition) is 0. The smallest absolute Gasteiger partial charge is 0.416 e. The molecule has 0 unspecified atom stereocenters. The molecule has 0 bridgehead atoms. The third-order valence-corrected chi connectivity index (χ3v) is 4.08. The summed E-state index contributed by atoms with van der Waals surface area (Å²) in [6.45, 7) is 0.228. The van der Waals surface area contributed by atoms with Gasteiger partial charge in [-0.05, 0) is 18.1 Å². The summed E-state index contributed by atoms with van der Waals surface area (Å²) < 4.78 is 10.4. The van der Waals surface area contributed by atoms with Gasteiger partial charge < -0.3 is 9.47 Å². The van der Waals surface area contributed by atoms with Crippen LogP contribution in [-0.4, -0.2) is 36.7 Å². The van der Waals surface area contributed by atoms with Crippen molar-refractivity contribution in [2.45, 2.75) is 18.9 Å². The van der Waals surface area contributed by atoms with Gasteiger partial charge in [-0.15, -0.1) is 0 Å². The molecule has 1 aliphatic rings. The lowest BCUT2D eigenvalue weighted by molar-refractivity contribution is -0.128. The van der Waals surface area contributed by atoms with E-state index in [0.717, 1.165) is 11.1 Å². The van der Waals surface area contributed by atoms with Crippen molar-refractivity contribution < 1.29 is 19.1 Å². The quantitative estimate of drug-likeness (QED) is 0.848. The van der Waals surface area contributed by atoms with Gasteiger partial charge in [-0.3, -0.25) is 4.79 Å². The zero-order valence-corrected chi connectivity index (χ0v) is 13.5. The minimum atomic E-state index is -0.573. The molecule has 0 saturated carbocycles. The number of nitrogens with zero attached hydrogens (tertiary/aromatic N) is 1. The van der Waals surface area contributed by atoms with Crippen LogP contribution in [0.4, 0.5) is 4.79 Å². The Kier molecular flexibility index (Phi) is 4.79. The van der Waals surface area contributed by atoms with Crippen LogP contribution in [0.5, 0.6) is 5.75 Å². The van der Waals surface area contributed by atoms with Crippen LogP contribution in [-0.2, 0) is 22.4 Å². The standard InChI is InChI=1S/C19H19NO4/c1-23-17-10-6-5-9-15(17)12-18(21)20-16(13-24-19(20)22)11-14-7-3-2-4-8-14/h2-10,16H,11-13H2,1H3/t16-/m1/s1. The van der Waals surface area contributed by atoms with Crippen LogP contribution in [0, 0.1) is 0 Å². The van der Waals surface area contributed by atoms with Gasteiger partial charge in [0.15, 0.2) is 0 Å². The Labute approximate surface area is 140 Å². The van der Waals surface area contributed by atoms with E-state index >= 15 is 0 Å². The number of imide groups is 1. The molecule has 5 nitrogen and oxygen atoms in total. The van der Waals surface area contributed by atoms with E-state index < -0.39 is 6.09 Å². The average molecular weight is 325 g/mol. The number of benzene rings is 2. The van der Waals surface area contributed by atoms with Crippen molar-refractivity contribution in [1.82, 2.24) is 4.90 Å². The van der Waals surface area contributed by atoms with E-state index in [1.54, 1.807) is 13.2 Å². The second kappa shape index (κ2) is 7.17. The SMILES string of the molecule is COc1ccccc1CC(=O)N1C(=O)OC[C@H]1Cc1ccccc1. The molecule has 24 heavy (non-hydrogen) atoms. The van der Waals surface area contributed by atoms with Crippen molar-refractivity contribution in [3.05, 3.63) is 65.7 Å². The van der Waals surface area contributed by atoms with Gasteiger partial charge in [0, 0.05) is 5.56 Å². The maximum atomic E-state index is 12.7. The number of carbonyl (C=O) groups excluding carboxylic acids is 2. The maximum absolute atomic E-state index is 12.7. The largest absolute Gasteiger partial charge is 0.496 e. The lowest BCUT2D eigenvalue weighted by Crippen LogP contribution is -2.41. The van der Waals surface area contributed by atoms with Gasteiger partial charge in [0.25, 0.3) is 0 Å². The Morgan fingerprint density at radius 3 is 2.62 bits per heavy atom. The highest BCUT2D eigenvalue weighted by atomic mass is 16.6. The van der Waals surface area contributed by atoms with Gasteiger partial charge in [0.05, 0.1) is 19.6 Å². The van der Waals surface area contributed by atoms with Crippen molar-refractivity contribution in [1.29, 1.82) is 0 Å².